The summed E-state index contributed by atoms with van der Waals surface area (Å²) < 4.78 is 0. The average molecular weight is 421 g/mol. The SMILES string of the molecule is CC(C)CCC[C@@H](C)[C@H]1CC[C@H]2[C@@H]3CCC(C(C)CO)[C@](C)(CCO)[C@H]3CC[C@]12C. The lowest BCUT2D eigenvalue weighted by Crippen LogP contribution is -2.54. The second kappa shape index (κ2) is 9.82. The van der Waals surface area contributed by atoms with Crippen LogP contribution in [0.5, 0.6) is 0 Å². The molecule has 3 saturated carbocycles. The van der Waals surface area contributed by atoms with Gasteiger partial charge in [-0.05, 0) is 103 Å². The van der Waals surface area contributed by atoms with E-state index in [0.29, 0.717) is 30.5 Å². The molecule has 0 aromatic rings. The van der Waals surface area contributed by atoms with Gasteiger partial charge in [0.25, 0.3) is 0 Å². The summed E-state index contributed by atoms with van der Waals surface area (Å²) in [4.78, 5) is 0. The van der Waals surface area contributed by atoms with E-state index >= 15 is 0 Å². The Labute approximate surface area is 187 Å². The Hall–Kier alpha value is -0.0800. The molecule has 0 heterocycles. The molecule has 0 saturated heterocycles. The lowest BCUT2D eigenvalue weighted by atomic mass is 9.45. The average Bonchev–Trinajstić information content (AvgIpc) is 3.05. The van der Waals surface area contributed by atoms with Crippen molar-refractivity contribution >= 4 is 0 Å². The van der Waals surface area contributed by atoms with E-state index in [-0.39, 0.29) is 5.41 Å². The number of hydrogen-bond acceptors (Lipinski definition) is 2. The molecule has 0 radical (unpaired) electrons. The molecule has 0 amide bonds. The van der Waals surface area contributed by atoms with E-state index in [9.17, 15) is 10.2 Å². The van der Waals surface area contributed by atoms with Gasteiger partial charge in [-0.2, -0.15) is 0 Å². The third kappa shape index (κ3) is 4.39. The molecule has 2 heteroatoms. The summed E-state index contributed by atoms with van der Waals surface area (Å²) in [6, 6.07) is 0. The van der Waals surface area contributed by atoms with E-state index in [1.807, 2.05) is 0 Å². The van der Waals surface area contributed by atoms with Crippen LogP contribution in [0.4, 0.5) is 0 Å². The van der Waals surface area contributed by atoms with Crippen LogP contribution >= 0.6 is 0 Å². The van der Waals surface area contributed by atoms with Crippen molar-refractivity contribution in [3.05, 3.63) is 0 Å². The van der Waals surface area contributed by atoms with Crippen LogP contribution in [-0.4, -0.2) is 23.4 Å². The van der Waals surface area contributed by atoms with Gasteiger partial charge in [-0.1, -0.05) is 60.8 Å². The zero-order valence-electron chi connectivity index (χ0n) is 21.0. The Morgan fingerprint density at radius 3 is 2.13 bits per heavy atom. The molecule has 0 aliphatic heterocycles. The van der Waals surface area contributed by atoms with E-state index in [0.717, 1.165) is 41.9 Å². The molecule has 176 valence electrons. The standard InChI is InChI=1S/C28H52O2/c1-19(2)8-7-9-20(3)23-12-13-25-22-10-11-24(21(4)18-30)28(6,16-17-29)26(22)14-15-27(23,25)5/h19-26,29-30H,7-18H2,1-6H3/t20-,21?,22+,23-,24?,25+,26+,27-,28+/m1/s1. The summed E-state index contributed by atoms with van der Waals surface area (Å²) in [6.45, 7) is 15.2. The van der Waals surface area contributed by atoms with Gasteiger partial charge < -0.3 is 10.2 Å². The molecule has 0 aromatic heterocycles. The normalized spacial score (nSPS) is 43.3. The Bertz CT molecular complexity index is 545. The molecule has 3 fully saturated rings. The molecule has 2 N–H and O–H groups in total. The quantitative estimate of drug-likeness (QED) is 0.424. The predicted octanol–water partition coefficient (Wildman–Crippen LogP) is 6.93. The highest BCUT2D eigenvalue weighted by atomic mass is 16.3. The van der Waals surface area contributed by atoms with Gasteiger partial charge in [-0.15, -0.1) is 0 Å². The van der Waals surface area contributed by atoms with E-state index < -0.39 is 0 Å². The fourth-order valence-electron chi connectivity index (χ4n) is 9.18. The van der Waals surface area contributed by atoms with Gasteiger partial charge >= 0.3 is 0 Å². The van der Waals surface area contributed by atoms with Crippen LogP contribution in [0.3, 0.4) is 0 Å². The number of aliphatic hydroxyl groups excluding tert-OH is 2. The highest BCUT2D eigenvalue weighted by Crippen LogP contribution is 2.67. The van der Waals surface area contributed by atoms with Crippen molar-refractivity contribution < 1.29 is 10.2 Å². The molecule has 0 bridgehead atoms. The lowest BCUT2D eigenvalue weighted by molar-refractivity contribution is -0.122. The minimum Gasteiger partial charge on any atom is -0.396 e. The summed E-state index contributed by atoms with van der Waals surface area (Å²) in [6.07, 6.45) is 13.3. The molecule has 0 aromatic carbocycles. The van der Waals surface area contributed by atoms with Gasteiger partial charge in [0.15, 0.2) is 0 Å². The van der Waals surface area contributed by atoms with Gasteiger partial charge in [-0.25, -0.2) is 0 Å². The van der Waals surface area contributed by atoms with Crippen molar-refractivity contribution in [2.75, 3.05) is 13.2 Å². The first-order valence-corrected chi connectivity index (χ1v) is 13.4. The smallest absolute Gasteiger partial charge is 0.0459 e. The molecule has 3 rings (SSSR count). The Morgan fingerprint density at radius 2 is 1.50 bits per heavy atom. The molecule has 3 aliphatic rings. The van der Waals surface area contributed by atoms with Crippen LogP contribution in [0.25, 0.3) is 0 Å². The number of fused-ring (bicyclic) bond motifs is 3. The second-order valence-electron chi connectivity index (χ2n) is 12.7. The monoisotopic (exact) mass is 420 g/mol. The minimum absolute atomic E-state index is 0.197. The van der Waals surface area contributed by atoms with Gasteiger partial charge in [0.05, 0.1) is 0 Å². The lowest BCUT2D eigenvalue weighted by Gasteiger charge is -2.60. The van der Waals surface area contributed by atoms with Gasteiger partial charge in [0.1, 0.15) is 0 Å². The van der Waals surface area contributed by atoms with E-state index in [1.165, 1.54) is 57.8 Å². The van der Waals surface area contributed by atoms with Crippen LogP contribution in [-0.2, 0) is 0 Å². The van der Waals surface area contributed by atoms with Crippen LogP contribution in [0.2, 0.25) is 0 Å². The summed E-state index contributed by atoms with van der Waals surface area (Å²) in [7, 11) is 0. The zero-order chi connectivity index (χ0) is 22.1. The Kier molecular flexibility index (Phi) is 8.04. The summed E-state index contributed by atoms with van der Waals surface area (Å²) in [5.41, 5.74) is 0.732. The molecule has 3 aliphatic carbocycles. The number of aliphatic hydroxyl groups is 2. The number of hydrogen-bond donors (Lipinski definition) is 2. The van der Waals surface area contributed by atoms with Crippen LogP contribution in [0, 0.1) is 58.2 Å². The third-order valence-electron chi connectivity index (χ3n) is 10.8. The maximum atomic E-state index is 9.96. The summed E-state index contributed by atoms with van der Waals surface area (Å²) in [5.74, 6) is 6.00. The summed E-state index contributed by atoms with van der Waals surface area (Å²) >= 11 is 0. The number of rotatable bonds is 9. The maximum absolute atomic E-state index is 9.96. The molecule has 9 atom stereocenters. The van der Waals surface area contributed by atoms with Gasteiger partial charge in [-0.3, -0.25) is 0 Å². The fraction of sp³-hybridized carbons (Fsp3) is 1.00. The van der Waals surface area contributed by atoms with E-state index in [2.05, 4.69) is 41.5 Å². The molecule has 2 nitrogen and oxygen atoms in total. The van der Waals surface area contributed by atoms with E-state index in [4.69, 9.17) is 0 Å². The Morgan fingerprint density at radius 1 is 0.800 bits per heavy atom. The molecular weight excluding hydrogens is 368 g/mol. The largest absolute Gasteiger partial charge is 0.396 e. The van der Waals surface area contributed by atoms with Crippen molar-refractivity contribution in [2.24, 2.45) is 58.2 Å². The van der Waals surface area contributed by atoms with Crippen LogP contribution in [0.15, 0.2) is 0 Å². The zero-order valence-corrected chi connectivity index (χ0v) is 21.0. The highest BCUT2D eigenvalue weighted by Gasteiger charge is 2.60. The van der Waals surface area contributed by atoms with Gasteiger partial charge in [0, 0.05) is 13.2 Å². The fourth-order valence-corrected chi connectivity index (χ4v) is 9.18. The first kappa shape index (κ1) is 24.6. The minimum atomic E-state index is 0.197. The second-order valence-corrected chi connectivity index (χ2v) is 12.7. The Balaban J connectivity index is 1.76. The molecule has 30 heavy (non-hydrogen) atoms. The third-order valence-corrected chi connectivity index (χ3v) is 10.8. The van der Waals surface area contributed by atoms with Crippen LogP contribution < -0.4 is 0 Å². The molecule has 2 unspecified atom stereocenters. The first-order valence-electron chi connectivity index (χ1n) is 13.4. The molecule has 0 spiro atoms. The predicted molar refractivity (Wildman–Crippen MR) is 127 cm³/mol. The first-order chi connectivity index (χ1) is 14.2. The topological polar surface area (TPSA) is 40.5 Å². The van der Waals surface area contributed by atoms with Crippen molar-refractivity contribution in [1.29, 1.82) is 0 Å². The van der Waals surface area contributed by atoms with Crippen molar-refractivity contribution in [2.45, 2.75) is 106 Å². The van der Waals surface area contributed by atoms with E-state index in [1.54, 1.807) is 0 Å². The van der Waals surface area contributed by atoms with Crippen molar-refractivity contribution in [3.63, 3.8) is 0 Å². The highest BCUT2D eigenvalue weighted by molar-refractivity contribution is 5.09. The molecular formula is C28H52O2. The maximum Gasteiger partial charge on any atom is 0.0459 e. The van der Waals surface area contributed by atoms with Crippen molar-refractivity contribution in [3.8, 4) is 0 Å². The van der Waals surface area contributed by atoms with Crippen molar-refractivity contribution in [1.82, 2.24) is 0 Å². The van der Waals surface area contributed by atoms with Gasteiger partial charge in [0.2, 0.25) is 0 Å². The van der Waals surface area contributed by atoms with Crippen LogP contribution in [0.1, 0.15) is 106 Å². The summed E-state index contributed by atoms with van der Waals surface area (Å²) in [5, 5.41) is 19.9.